The van der Waals surface area contributed by atoms with Gasteiger partial charge in [-0.3, -0.25) is 0 Å². The summed E-state index contributed by atoms with van der Waals surface area (Å²) in [6, 6.07) is 0. The SMILES string of the molecule is C.C.CC=O.CC=O. The van der Waals surface area contributed by atoms with Crippen molar-refractivity contribution in [2.45, 2.75) is 28.7 Å². The molecule has 0 unspecified atom stereocenters. The molecule has 0 aromatic rings. The van der Waals surface area contributed by atoms with Gasteiger partial charge in [-0.25, -0.2) is 0 Å². The third-order valence-electron chi connectivity index (χ3n) is 0. The van der Waals surface area contributed by atoms with E-state index in [-0.39, 0.29) is 14.9 Å². The van der Waals surface area contributed by atoms with Gasteiger partial charge in [0.1, 0.15) is 12.6 Å². The minimum absolute atomic E-state index is 0. The van der Waals surface area contributed by atoms with Crippen molar-refractivity contribution in [3.8, 4) is 0 Å². The van der Waals surface area contributed by atoms with Crippen molar-refractivity contribution in [2.75, 3.05) is 0 Å². The fourth-order valence-electron chi connectivity index (χ4n) is 0. The van der Waals surface area contributed by atoms with Crippen LogP contribution in [0.5, 0.6) is 0 Å². The molecule has 0 rings (SSSR count). The lowest BCUT2D eigenvalue weighted by atomic mass is 11.0. The topological polar surface area (TPSA) is 34.1 Å². The maximum absolute atomic E-state index is 8.81. The Hall–Kier alpha value is -0.660. The number of aldehydes is 2. The van der Waals surface area contributed by atoms with Gasteiger partial charge in [0.05, 0.1) is 0 Å². The van der Waals surface area contributed by atoms with E-state index in [0.717, 1.165) is 12.6 Å². The van der Waals surface area contributed by atoms with Crippen LogP contribution in [0.25, 0.3) is 0 Å². The summed E-state index contributed by atoms with van der Waals surface area (Å²) in [5.41, 5.74) is 0. The lowest BCUT2D eigenvalue weighted by Crippen LogP contribution is -1.36. The van der Waals surface area contributed by atoms with Gasteiger partial charge < -0.3 is 9.59 Å². The third kappa shape index (κ3) is 231. The summed E-state index contributed by atoms with van der Waals surface area (Å²) in [5, 5.41) is 0. The van der Waals surface area contributed by atoms with Crippen LogP contribution in [-0.2, 0) is 9.59 Å². The summed E-state index contributed by atoms with van der Waals surface area (Å²) in [6.07, 6.45) is 1.50. The van der Waals surface area contributed by atoms with Crippen LogP contribution in [0.15, 0.2) is 0 Å². The van der Waals surface area contributed by atoms with E-state index in [1.807, 2.05) is 0 Å². The summed E-state index contributed by atoms with van der Waals surface area (Å²) in [4.78, 5) is 17.6. The fraction of sp³-hybridized carbons (Fsp3) is 0.667. The van der Waals surface area contributed by atoms with Gasteiger partial charge in [-0.2, -0.15) is 0 Å². The Kier molecular flexibility index (Phi) is 333. The second-order valence-corrected chi connectivity index (χ2v) is 0.471. The molecule has 0 aliphatic rings. The van der Waals surface area contributed by atoms with Crippen molar-refractivity contribution < 1.29 is 9.59 Å². The second kappa shape index (κ2) is 101. The third-order valence-corrected chi connectivity index (χ3v) is 0. The van der Waals surface area contributed by atoms with Crippen molar-refractivity contribution in [2.24, 2.45) is 0 Å². The lowest BCUT2D eigenvalue weighted by Gasteiger charge is -1.24. The van der Waals surface area contributed by atoms with Crippen LogP contribution in [0.4, 0.5) is 0 Å². The maximum atomic E-state index is 8.81. The molecule has 2 heteroatoms. The van der Waals surface area contributed by atoms with Crippen molar-refractivity contribution in [1.82, 2.24) is 0 Å². The number of rotatable bonds is 0. The molecule has 0 aliphatic carbocycles. The smallest absolute Gasteiger partial charge is 0.116 e. The Labute approximate surface area is 51.9 Å². The Morgan fingerprint density at radius 1 is 0.875 bits per heavy atom. The number of carbonyl (C=O) groups excluding carboxylic acids is 2. The molecule has 0 atom stereocenters. The molecule has 8 heavy (non-hydrogen) atoms. The zero-order valence-electron chi connectivity index (χ0n) is 3.97. The highest BCUT2D eigenvalue weighted by Gasteiger charge is 1.24. The van der Waals surface area contributed by atoms with Gasteiger partial charge in [0.25, 0.3) is 0 Å². The first-order valence-corrected chi connectivity index (χ1v) is 1.63. The van der Waals surface area contributed by atoms with E-state index >= 15 is 0 Å². The molecule has 0 saturated carbocycles. The normalized spacial score (nSPS) is 3.25. The molecule has 0 saturated heterocycles. The van der Waals surface area contributed by atoms with Crippen molar-refractivity contribution in [3.05, 3.63) is 0 Å². The predicted octanol–water partition coefficient (Wildman–Crippen LogP) is 1.68. The summed E-state index contributed by atoms with van der Waals surface area (Å²) in [6.45, 7) is 2.89. The van der Waals surface area contributed by atoms with Gasteiger partial charge >= 0.3 is 0 Å². The molecule has 52 valence electrons. The van der Waals surface area contributed by atoms with E-state index in [1.54, 1.807) is 0 Å². The van der Waals surface area contributed by atoms with Crippen LogP contribution >= 0.6 is 0 Å². The molecule has 0 amide bonds. The zero-order valence-corrected chi connectivity index (χ0v) is 3.97. The van der Waals surface area contributed by atoms with E-state index in [9.17, 15) is 0 Å². The molecule has 0 fully saturated rings. The summed E-state index contributed by atoms with van der Waals surface area (Å²) < 4.78 is 0. The minimum Gasteiger partial charge on any atom is -0.304 e. The maximum Gasteiger partial charge on any atom is 0.116 e. The standard InChI is InChI=1S/2C2H4O.2CH4/c2*1-2-3;;/h2*2H,1H3;2*1H4. The van der Waals surface area contributed by atoms with Crippen molar-refractivity contribution >= 4 is 12.6 Å². The first kappa shape index (κ1) is 26.4. The number of hydrogen-bond acceptors (Lipinski definition) is 2. The van der Waals surface area contributed by atoms with Crippen LogP contribution in [0.1, 0.15) is 28.7 Å². The Balaban J connectivity index is -0.0000000160. The molecule has 0 spiro atoms. The van der Waals surface area contributed by atoms with Crippen LogP contribution in [0.2, 0.25) is 0 Å². The predicted molar refractivity (Wildman–Crippen MR) is 36.9 cm³/mol. The highest BCUT2D eigenvalue weighted by molar-refractivity contribution is 5.44. The summed E-state index contributed by atoms with van der Waals surface area (Å²) in [7, 11) is 0. The molecule has 0 aromatic heterocycles. The van der Waals surface area contributed by atoms with Gasteiger partial charge in [0.15, 0.2) is 0 Å². The largest absolute Gasteiger partial charge is 0.304 e. The van der Waals surface area contributed by atoms with Crippen LogP contribution in [0, 0.1) is 0 Å². The highest BCUT2D eigenvalue weighted by Crippen LogP contribution is 1.13. The molecule has 0 radical (unpaired) electrons. The zero-order chi connectivity index (χ0) is 5.41. The molecular weight excluding hydrogens is 104 g/mol. The van der Waals surface area contributed by atoms with Crippen LogP contribution < -0.4 is 0 Å². The van der Waals surface area contributed by atoms with Gasteiger partial charge in [0, 0.05) is 0 Å². The monoisotopic (exact) mass is 120 g/mol. The van der Waals surface area contributed by atoms with E-state index in [0.29, 0.717) is 0 Å². The van der Waals surface area contributed by atoms with Gasteiger partial charge in [-0.1, -0.05) is 14.9 Å². The van der Waals surface area contributed by atoms with Crippen molar-refractivity contribution in [3.63, 3.8) is 0 Å². The Morgan fingerprint density at radius 2 is 0.875 bits per heavy atom. The number of hydrogen-bond donors (Lipinski definition) is 0. The summed E-state index contributed by atoms with van der Waals surface area (Å²) >= 11 is 0. The van der Waals surface area contributed by atoms with E-state index < -0.39 is 0 Å². The highest BCUT2D eigenvalue weighted by atomic mass is 16.1. The lowest BCUT2D eigenvalue weighted by molar-refractivity contribution is -0.106. The second-order valence-electron chi connectivity index (χ2n) is 0.471. The first-order chi connectivity index (χ1) is 2.83. The van der Waals surface area contributed by atoms with Crippen LogP contribution in [-0.4, -0.2) is 12.6 Å². The summed E-state index contributed by atoms with van der Waals surface area (Å²) in [5.74, 6) is 0. The van der Waals surface area contributed by atoms with Gasteiger partial charge in [-0.05, 0) is 13.8 Å². The molecule has 0 N–H and O–H groups in total. The van der Waals surface area contributed by atoms with E-state index in [2.05, 4.69) is 0 Å². The average molecular weight is 120 g/mol. The first-order valence-electron chi connectivity index (χ1n) is 1.63. The average Bonchev–Trinajstić information content (AvgIpc) is 1.39. The van der Waals surface area contributed by atoms with E-state index in [1.165, 1.54) is 13.8 Å². The van der Waals surface area contributed by atoms with Gasteiger partial charge in [-0.15, -0.1) is 0 Å². The van der Waals surface area contributed by atoms with Crippen molar-refractivity contribution in [1.29, 1.82) is 0 Å². The molecule has 0 aliphatic heterocycles. The fourth-order valence-corrected chi connectivity index (χ4v) is 0. The number of carbonyl (C=O) groups is 2. The van der Waals surface area contributed by atoms with E-state index in [4.69, 9.17) is 9.59 Å². The Bertz CT molecular complexity index is 27.5. The van der Waals surface area contributed by atoms with Crippen LogP contribution in [0.3, 0.4) is 0 Å². The molecule has 0 aromatic carbocycles. The Morgan fingerprint density at radius 3 is 0.875 bits per heavy atom. The molecule has 2 nitrogen and oxygen atoms in total. The molecule has 0 heterocycles. The molecular formula is C6H16O2. The van der Waals surface area contributed by atoms with Gasteiger partial charge in [0.2, 0.25) is 0 Å². The minimum atomic E-state index is 0. The molecule has 0 bridgehead atoms. The quantitative estimate of drug-likeness (QED) is 0.456.